The van der Waals surface area contributed by atoms with E-state index in [1.807, 2.05) is 37.5 Å². The monoisotopic (exact) mass is 730 g/mol. The van der Waals surface area contributed by atoms with Crippen molar-refractivity contribution in [2.75, 3.05) is 43.4 Å². The number of anilines is 3. The van der Waals surface area contributed by atoms with Crippen LogP contribution in [0.1, 0.15) is 92.2 Å². The van der Waals surface area contributed by atoms with Crippen LogP contribution in [0.2, 0.25) is 0 Å². The summed E-state index contributed by atoms with van der Waals surface area (Å²) in [4.78, 5) is 56.8. The van der Waals surface area contributed by atoms with E-state index in [-0.39, 0.29) is 23.8 Å². The van der Waals surface area contributed by atoms with Crippen LogP contribution in [-0.2, 0) is 15.0 Å². The van der Waals surface area contributed by atoms with Crippen LogP contribution in [-0.4, -0.2) is 98.6 Å². The molecule has 2 aromatic carbocycles. The lowest BCUT2D eigenvalue weighted by atomic mass is 9.73. The van der Waals surface area contributed by atoms with Gasteiger partial charge in [0.25, 0.3) is 11.8 Å². The maximum absolute atomic E-state index is 14.8. The Labute approximate surface area is 315 Å². The fourth-order valence-electron chi connectivity index (χ4n) is 9.46. The molecule has 4 aromatic rings. The zero-order valence-electron chi connectivity index (χ0n) is 31.5. The van der Waals surface area contributed by atoms with Crippen molar-refractivity contribution in [1.29, 1.82) is 0 Å². The summed E-state index contributed by atoms with van der Waals surface area (Å²) in [7, 11) is 1.64. The Balaban J connectivity index is 1.09. The number of imidazole rings is 1. The number of fused-ring (bicyclic) bond motifs is 3. The number of hydrogen-bond donors (Lipinski definition) is 3. The minimum Gasteiger partial charge on any atom is -0.384 e. The van der Waals surface area contributed by atoms with E-state index in [9.17, 15) is 19.5 Å². The van der Waals surface area contributed by atoms with Gasteiger partial charge in [-0.2, -0.15) is 0 Å². The Bertz CT molecular complexity index is 2140. The molecule has 0 unspecified atom stereocenters. The van der Waals surface area contributed by atoms with Crippen LogP contribution in [0.3, 0.4) is 0 Å². The zero-order chi connectivity index (χ0) is 37.3. The van der Waals surface area contributed by atoms with Crippen molar-refractivity contribution >= 4 is 45.9 Å². The molecular weight excluding hydrogens is 681 g/mol. The maximum Gasteiger partial charge on any atom is 0.251 e. The van der Waals surface area contributed by atoms with Gasteiger partial charge >= 0.3 is 0 Å². The predicted octanol–water partition coefficient (Wildman–Crippen LogP) is 5.45. The van der Waals surface area contributed by atoms with Crippen molar-refractivity contribution in [2.45, 2.75) is 101 Å². The number of benzene rings is 2. The first kappa shape index (κ1) is 34.9. The number of nitrogens with zero attached hydrogens (tertiary/aromatic N) is 6. The van der Waals surface area contributed by atoms with E-state index in [0.29, 0.717) is 49.4 Å². The number of aromatic nitrogens is 3. The van der Waals surface area contributed by atoms with Gasteiger partial charge in [-0.05, 0) is 114 Å². The number of pyridine rings is 1. The topological polar surface area (TPSA) is 136 Å². The Morgan fingerprint density at radius 1 is 0.944 bits per heavy atom. The molecule has 282 valence electrons. The standard InChI is InChI=1S/C42H50N8O4/c1-25-7-9-28(20-32(25)39(52)43-3)45-38-37-35(44-24-49(37)29-10-11-29)23-34(46-38)27-8-12-33-36(19-27)50(31-21-30(22-31)47-15-5-4-6-16-47)41(54)42(33)13-17-48(18-14-42)40(53)26(2)51/h7-9,12,19-20,23-24,26,29-31,51H,4-6,10-11,13-18,21-22H2,1-3H3,(H,43,52)(H,45,46)/t26-,30-,31+/m1/s1. The van der Waals surface area contributed by atoms with Gasteiger partial charge in [0.15, 0.2) is 5.82 Å². The van der Waals surface area contributed by atoms with Crippen molar-refractivity contribution in [3.63, 3.8) is 0 Å². The second-order valence-corrected chi connectivity index (χ2v) is 16.2. The van der Waals surface area contributed by atoms with Crippen molar-refractivity contribution in [2.24, 2.45) is 0 Å². The number of hydrogen-bond acceptors (Lipinski definition) is 8. The predicted molar refractivity (Wildman–Crippen MR) is 208 cm³/mol. The molecule has 12 nitrogen and oxygen atoms in total. The highest BCUT2D eigenvalue weighted by molar-refractivity contribution is 6.09. The van der Waals surface area contributed by atoms with Crippen molar-refractivity contribution in [1.82, 2.24) is 29.7 Å². The molecule has 54 heavy (non-hydrogen) atoms. The number of aliphatic hydroxyl groups is 1. The number of rotatable bonds is 8. The van der Waals surface area contributed by atoms with Gasteiger partial charge < -0.3 is 35.0 Å². The molecule has 3 amide bonds. The molecule has 9 rings (SSSR count). The number of piperidine rings is 2. The molecular formula is C42H50N8O4. The third kappa shape index (κ3) is 5.85. The van der Waals surface area contributed by atoms with Gasteiger partial charge in [-0.3, -0.25) is 14.4 Å². The lowest BCUT2D eigenvalue weighted by Gasteiger charge is -2.48. The Hall–Kier alpha value is -4.81. The number of carbonyl (C=O) groups excluding carboxylic acids is 3. The highest BCUT2D eigenvalue weighted by Crippen LogP contribution is 2.52. The van der Waals surface area contributed by atoms with Crippen LogP contribution < -0.4 is 15.5 Å². The zero-order valence-corrected chi connectivity index (χ0v) is 31.5. The van der Waals surface area contributed by atoms with E-state index < -0.39 is 11.5 Å². The van der Waals surface area contributed by atoms with Crippen LogP contribution in [0.4, 0.5) is 17.2 Å². The molecule has 3 N–H and O–H groups in total. The summed E-state index contributed by atoms with van der Waals surface area (Å²) in [5.41, 5.74) is 6.92. The first-order chi connectivity index (χ1) is 26.1. The number of carbonyl (C=O) groups is 3. The highest BCUT2D eigenvalue weighted by atomic mass is 16.3. The SMILES string of the molecule is CNC(=O)c1cc(Nc2nc(-c3ccc4c(c3)N([C@H]3C[C@@H](N5CCCCC5)C3)C(=O)C43CCN(C(=O)[C@@H](C)O)CC3)cc3ncn(C4CC4)c23)ccc1C. The van der Waals surface area contributed by atoms with Gasteiger partial charge in [0.1, 0.15) is 11.6 Å². The van der Waals surface area contributed by atoms with Gasteiger partial charge in [0, 0.05) is 60.8 Å². The molecule has 5 heterocycles. The van der Waals surface area contributed by atoms with E-state index in [1.165, 1.54) is 26.2 Å². The van der Waals surface area contributed by atoms with Crippen LogP contribution >= 0.6 is 0 Å². The molecule has 1 spiro atoms. The molecule has 12 heteroatoms. The average Bonchev–Trinajstić information content (AvgIpc) is 3.89. The van der Waals surface area contributed by atoms with Gasteiger partial charge in [-0.1, -0.05) is 24.6 Å². The van der Waals surface area contributed by atoms with Gasteiger partial charge in [-0.25, -0.2) is 9.97 Å². The van der Waals surface area contributed by atoms with E-state index in [0.717, 1.165) is 83.6 Å². The summed E-state index contributed by atoms with van der Waals surface area (Å²) in [6.45, 7) is 6.58. The molecule has 0 radical (unpaired) electrons. The molecule has 4 fully saturated rings. The van der Waals surface area contributed by atoms with Crippen molar-refractivity contribution < 1.29 is 19.5 Å². The third-order valence-corrected chi connectivity index (χ3v) is 12.8. The summed E-state index contributed by atoms with van der Waals surface area (Å²) in [6, 6.07) is 15.2. The van der Waals surface area contributed by atoms with E-state index in [4.69, 9.17) is 9.97 Å². The Morgan fingerprint density at radius 2 is 1.70 bits per heavy atom. The molecule has 2 aromatic heterocycles. The quantitative estimate of drug-likeness (QED) is 0.218. The van der Waals surface area contributed by atoms with E-state index in [2.05, 4.69) is 43.2 Å². The Morgan fingerprint density at radius 3 is 2.41 bits per heavy atom. The first-order valence-electron chi connectivity index (χ1n) is 19.8. The summed E-state index contributed by atoms with van der Waals surface area (Å²) in [5, 5.41) is 16.3. The maximum atomic E-state index is 14.8. The largest absolute Gasteiger partial charge is 0.384 e. The number of amides is 3. The second-order valence-electron chi connectivity index (χ2n) is 16.2. The minimum absolute atomic E-state index is 0.118. The fourth-order valence-corrected chi connectivity index (χ4v) is 9.46. The van der Waals surface area contributed by atoms with Crippen LogP contribution in [0.25, 0.3) is 22.3 Å². The molecule has 5 aliphatic rings. The van der Waals surface area contributed by atoms with Gasteiger partial charge in [-0.15, -0.1) is 0 Å². The lowest BCUT2D eigenvalue weighted by molar-refractivity contribution is -0.142. The summed E-state index contributed by atoms with van der Waals surface area (Å²) in [5.74, 6) is 0.384. The highest BCUT2D eigenvalue weighted by Gasteiger charge is 2.56. The van der Waals surface area contributed by atoms with Gasteiger partial charge in [0.05, 0.1) is 23.0 Å². The molecule has 3 aliphatic heterocycles. The lowest BCUT2D eigenvalue weighted by Crippen LogP contribution is -2.58. The average molecular weight is 731 g/mol. The van der Waals surface area contributed by atoms with E-state index >= 15 is 0 Å². The summed E-state index contributed by atoms with van der Waals surface area (Å²) >= 11 is 0. The molecule has 2 saturated carbocycles. The second kappa shape index (κ2) is 13.5. The van der Waals surface area contributed by atoms with Crippen molar-refractivity contribution in [3.8, 4) is 11.3 Å². The van der Waals surface area contributed by atoms with E-state index in [1.54, 1.807) is 11.9 Å². The third-order valence-electron chi connectivity index (χ3n) is 12.8. The molecule has 1 atom stereocenters. The van der Waals surface area contributed by atoms with Crippen molar-refractivity contribution in [3.05, 3.63) is 65.5 Å². The first-order valence-corrected chi connectivity index (χ1v) is 19.8. The van der Waals surface area contributed by atoms with Crippen LogP contribution in [0, 0.1) is 6.92 Å². The van der Waals surface area contributed by atoms with Crippen LogP contribution in [0.15, 0.2) is 48.8 Å². The number of aryl methyl sites for hydroxylation is 1. The number of likely N-dealkylation sites (tertiary alicyclic amines) is 2. The molecule has 2 saturated heterocycles. The molecule has 2 aliphatic carbocycles. The smallest absolute Gasteiger partial charge is 0.251 e. The van der Waals surface area contributed by atoms with Crippen LogP contribution in [0.5, 0.6) is 0 Å². The molecule has 0 bridgehead atoms. The minimum atomic E-state index is -1.06. The normalized spacial score (nSPS) is 23.0. The summed E-state index contributed by atoms with van der Waals surface area (Å²) < 4.78 is 2.21. The summed E-state index contributed by atoms with van der Waals surface area (Å²) in [6.07, 6.45) is 9.80. The Kier molecular flexibility index (Phi) is 8.73. The number of aliphatic hydroxyl groups excluding tert-OH is 1. The number of nitrogens with one attached hydrogen (secondary N) is 2. The fraction of sp³-hybridized carbons (Fsp3) is 0.500. The van der Waals surface area contributed by atoms with Gasteiger partial charge in [0.2, 0.25) is 5.91 Å².